The van der Waals surface area contributed by atoms with Crippen LogP contribution in [-0.4, -0.2) is 23.0 Å². The van der Waals surface area contributed by atoms with Crippen LogP contribution in [0.2, 0.25) is 0 Å². The number of hydrogen-bond acceptors (Lipinski definition) is 2. The summed E-state index contributed by atoms with van der Waals surface area (Å²) in [6.07, 6.45) is 4.60. The number of amides is 1. The normalized spacial score (nSPS) is 22.1. The molecule has 0 heterocycles. The van der Waals surface area contributed by atoms with Crippen molar-refractivity contribution >= 4 is 18.0 Å². The molecule has 2 atom stereocenters. The Labute approximate surface area is 116 Å². The summed E-state index contributed by atoms with van der Waals surface area (Å²) in [7, 11) is 0. The van der Waals surface area contributed by atoms with Crippen LogP contribution < -0.4 is 5.32 Å². The average Bonchev–Trinajstić information content (AvgIpc) is 2.85. The highest BCUT2D eigenvalue weighted by atomic mass is 19.1. The molecule has 1 aliphatic rings. The Bertz CT molecular complexity index is 542. The zero-order valence-electron chi connectivity index (χ0n) is 10.9. The van der Waals surface area contributed by atoms with E-state index in [9.17, 15) is 14.0 Å². The third-order valence-corrected chi connectivity index (χ3v) is 3.40. The van der Waals surface area contributed by atoms with E-state index in [0.717, 1.165) is 0 Å². The lowest BCUT2D eigenvalue weighted by molar-refractivity contribution is -0.141. The largest absolute Gasteiger partial charge is 0.481 e. The van der Waals surface area contributed by atoms with Gasteiger partial charge in [0, 0.05) is 12.1 Å². The van der Waals surface area contributed by atoms with Gasteiger partial charge in [0.25, 0.3) is 0 Å². The maximum absolute atomic E-state index is 12.9. The van der Waals surface area contributed by atoms with Crippen molar-refractivity contribution in [1.82, 2.24) is 5.32 Å². The minimum Gasteiger partial charge on any atom is -0.481 e. The van der Waals surface area contributed by atoms with Gasteiger partial charge in [-0.2, -0.15) is 0 Å². The summed E-state index contributed by atoms with van der Waals surface area (Å²) < 4.78 is 12.9. The predicted molar refractivity (Wildman–Crippen MR) is 72.3 cm³/mol. The van der Waals surface area contributed by atoms with E-state index in [4.69, 9.17) is 5.11 Å². The van der Waals surface area contributed by atoms with Crippen LogP contribution in [0.5, 0.6) is 0 Å². The molecule has 2 rings (SSSR count). The number of nitrogens with one attached hydrogen (secondary N) is 1. The predicted octanol–water partition coefficient (Wildman–Crippen LogP) is 2.21. The van der Waals surface area contributed by atoms with Crippen LogP contribution in [-0.2, 0) is 9.59 Å². The van der Waals surface area contributed by atoms with E-state index in [2.05, 4.69) is 5.32 Å². The van der Waals surface area contributed by atoms with Crippen LogP contribution in [0.15, 0.2) is 30.3 Å². The second-order valence-corrected chi connectivity index (χ2v) is 4.94. The smallest absolute Gasteiger partial charge is 0.306 e. The van der Waals surface area contributed by atoms with Crippen LogP contribution in [0.4, 0.5) is 4.39 Å². The van der Waals surface area contributed by atoms with Crippen LogP contribution in [0.1, 0.15) is 24.8 Å². The molecule has 2 unspecified atom stereocenters. The number of halogens is 1. The van der Waals surface area contributed by atoms with Gasteiger partial charge in [-0.1, -0.05) is 12.1 Å². The first kappa shape index (κ1) is 14.2. The van der Waals surface area contributed by atoms with Crippen molar-refractivity contribution in [1.29, 1.82) is 0 Å². The van der Waals surface area contributed by atoms with Gasteiger partial charge in [-0.3, -0.25) is 9.59 Å². The van der Waals surface area contributed by atoms with Crippen LogP contribution in [0, 0.1) is 11.7 Å². The number of carbonyl (C=O) groups is 2. The first-order valence-electron chi connectivity index (χ1n) is 6.51. The van der Waals surface area contributed by atoms with Gasteiger partial charge in [0.1, 0.15) is 5.82 Å². The maximum atomic E-state index is 12.9. The summed E-state index contributed by atoms with van der Waals surface area (Å²) in [5.74, 6) is -1.82. The molecule has 5 heteroatoms. The SMILES string of the molecule is O=C(C=Cc1cccc(F)c1)NC1CCC(C(=O)O)C1. The van der Waals surface area contributed by atoms with Gasteiger partial charge in [0.2, 0.25) is 5.91 Å². The molecule has 1 fully saturated rings. The summed E-state index contributed by atoms with van der Waals surface area (Å²) in [4.78, 5) is 22.5. The summed E-state index contributed by atoms with van der Waals surface area (Å²) in [5, 5.41) is 11.6. The Morgan fingerprint density at radius 2 is 2.15 bits per heavy atom. The number of rotatable bonds is 4. The molecule has 1 aromatic rings. The second-order valence-electron chi connectivity index (χ2n) is 4.94. The molecule has 0 spiro atoms. The van der Waals surface area contributed by atoms with E-state index in [1.165, 1.54) is 24.3 Å². The van der Waals surface area contributed by atoms with Crippen molar-refractivity contribution in [2.45, 2.75) is 25.3 Å². The van der Waals surface area contributed by atoms with Gasteiger partial charge in [0.05, 0.1) is 5.92 Å². The molecule has 20 heavy (non-hydrogen) atoms. The van der Waals surface area contributed by atoms with E-state index >= 15 is 0 Å². The standard InChI is InChI=1S/C15H16FNO3/c16-12-3-1-2-10(8-12)4-7-14(18)17-13-6-5-11(9-13)15(19)20/h1-4,7-8,11,13H,5-6,9H2,(H,17,18)(H,19,20). The molecule has 0 saturated heterocycles. The van der Waals surface area contributed by atoms with E-state index in [-0.39, 0.29) is 23.7 Å². The maximum Gasteiger partial charge on any atom is 0.306 e. The van der Waals surface area contributed by atoms with E-state index in [1.54, 1.807) is 12.1 Å². The molecule has 2 N–H and O–H groups in total. The molecular formula is C15H16FNO3. The fraction of sp³-hybridized carbons (Fsp3) is 0.333. The minimum atomic E-state index is -0.808. The Hall–Kier alpha value is -2.17. The van der Waals surface area contributed by atoms with Crippen LogP contribution >= 0.6 is 0 Å². The molecule has 1 amide bonds. The highest BCUT2D eigenvalue weighted by molar-refractivity contribution is 5.92. The molecule has 0 radical (unpaired) electrons. The van der Waals surface area contributed by atoms with Crippen molar-refractivity contribution in [3.05, 3.63) is 41.7 Å². The Kier molecular flexibility index (Phi) is 4.50. The van der Waals surface area contributed by atoms with Crippen LogP contribution in [0.3, 0.4) is 0 Å². The van der Waals surface area contributed by atoms with Crippen molar-refractivity contribution in [2.24, 2.45) is 5.92 Å². The van der Waals surface area contributed by atoms with Gasteiger partial charge in [-0.25, -0.2) is 4.39 Å². The lowest BCUT2D eigenvalue weighted by Crippen LogP contribution is -2.31. The lowest BCUT2D eigenvalue weighted by Gasteiger charge is -2.10. The molecule has 1 saturated carbocycles. The topological polar surface area (TPSA) is 66.4 Å². The van der Waals surface area contributed by atoms with Gasteiger partial charge < -0.3 is 10.4 Å². The molecule has 4 nitrogen and oxygen atoms in total. The molecule has 0 bridgehead atoms. The average molecular weight is 277 g/mol. The lowest BCUT2D eigenvalue weighted by atomic mass is 10.1. The third kappa shape index (κ3) is 3.91. The van der Waals surface area contributed by atoms with Gasteiger partial charge >= 0.3 is 5.97 Å². The van der Waals surface area contributed by atoms with Crippen molar-refractivity contribution in [3.63, 3.8) is 0 Å². The Morgan fingerprint density at radius 3 is 2.80 bits per heavy atom. The summed E-state index contributed by atoms with van der Waals surface area (Å²) >= 11 is 0. The van der Waals surface area contributed by atoms with Gasteiger partial charge in [0.15, 0.2) is 0 Å². The number of benzene rings is 1. The van der Waals surface area contributed by atoms with Crippen molar-refractivity contribution in [2.75, 3.05) is 0 Å². The highest BCUT2D eigenvalue weighted by Gasteiger charge is 2.30. The highest BCUT2D eigenvalue weighted by Crippen LogP contribution is 2.25. The Morgan fingerprint density at radius 1 is 1.35 bits per heavy atom. The van der Waals surface area contributed by atoms with Crippen molar-refractivity contribution in [3.8, 4) is 0 Å². The van der Waals surface area contributed by atoms with Gasteiger partial charge in [-0.15, -0.1) is 0 Å². The van der Waals surface area contributed by atoms with Crippen molar-refractivity contribution < 1.29 is 19.1 Å². The summed E-state index contributed by atoms with van der Waals surface area (Å²) in [6, 6.07) is 5.84. The zero-order chi connectivity index (χ0) is 14.5. The zero-order valence-corrected chi connectivity index (χ0v) is 10.9. The van der Waals surface area contributed by atoms with E-state index in [1.807, 2.05) is 0 Å². The number of carbonyl (C=O) groups excluding carboxylic acids is 1. The fourth-order valence-electron chi connectivity index (χ4n) is 2.37. The molecule has 1 aliphatic carbocycles. The van der Waals surface area contributed by atoms with Crippen LogP contribution in [0.25, 0.3) is 6.08 Å². The molecule has 0 aromatic heterocycles. The summed E-state index contributed by atoms with van der Waals surface area (Å²) in [6.45, 7) is 0. The van der Waals surface area contributed by atoms with E-state index in [0.29, 0.717) is 24.8 Å². The first-order chi connectivity index (χ1) is 9.54. The number of hydrogen-bond donors (Lipinski definition) is 2. The number of carboxylic acid groups (broad SMARTS) is 1. The Balaban J connectivity index is 1.86. The monoisotopic (exact) mass is 277 g/mol. The van der Waals surface area contributed by atoms with Gasteiger partial charge in [-0.05, 0) is 43.0 Å². The summed E-state index contributed by atoms with van der Waals surface area (Å²) in [5.41, 5.74) is 0.606. The third-order valence-electron chi connectivity index (χ3n) is 3.40. The molecule has 106 valence electrons. The molecule has 1 aromatic carbocycles. The van der Waals surface area contributed by atoms with E-state index < -0.39 is 5.97 Å². The quantitative estimate of drug-likeness (QED) is 0.829. The fourth-order valence-corrected chi connectivity index (χ4v) is 2.37. The minimum absolute atomic E-state index is 0.0965. The second kappa shape index (κ2) is 6.32. The molecular weight excluding hydrogens is 261 g/mol. The number of aliphatic carboxylic acids is 1. The molecule has 0 aliphatic heterocycles. The number of carboxylic acids is 1. The first-order valence-corrected chi connectivity index (χ1v) is 6.51.